The van der Waals surface area contributed by atoms with Crippen LogP contribution in [-0.4, -0.2) is 28.5 Å². The van der Waals surface area contributed by atoms with E-state index in [0.717, 1.165) is 16.0 Å². The minimum atomic E-state index is -0.801. The summed E-state index contributed by atoms with van der Waals surface area (Å²) in [6.45, 7) is 5.52. The zero-order valence-electron chi connectivity index (χ0n) is 17.9. The van der Waals surface area contributed by atoms with E-state index in [1.165, 1.54) is 6.07 Å². The van der Waals surface area contributed by atoms with Crippen molar-refractivity contribution in [2.45, 2.75) is 32.9 Å². The third-order valence-corrected chi connectivity index (χ3v) is 7.17. The quantitative estimate of drug-likeness (QED) is 0.573. The van der Waals surface area contributed by atoms with Crippen molar-refractivity contribution in [3.8, 4) is 0 Å². The van der Waals surface area contributed by atoms with Crippen LogP contribution in [0.1, 0.15) is 37.9 Å². The third-order valence-electron chi connectivity index (χ3n) is 6.62. The number of amides is 2. The van der Waals surface area contributed by atoms with Gasteiger partial charge in [0.05, 0.1) is 28.6 Å². The van der Waals surface area contributed by atoms with E-state index >= 15 is 0 Å². The van der Waals surface area contributed by atoms with E-state index in [4.69, 9.17) is 23.2 Å². The molecule has 2 saturated heterocycles. The Balaban J connectivity index is 1.69. The summed E-state index contributed by atoms with van der Waals surface area (Å²) in [5, 5.41) is 0.632. The molecule has 164 valence electrons. The van der Waals surface area contributed by atoms with Crippen LogP contribution >= 0.6 is 23.2 Å². The predicted molar refractivity (Wildman–Crippen MR) is 124 cm³/mol. The molecule has 0 aliphatic carbocycles. The molecule has 2 fully saturated rings. The van der Waals surface area contributed by atoms with Crippen molar-refractivity contribution in [3.63, 3.8) is 0 Å². The van der Waals surface area contributed by atoms with E-state index in [2.05, 4.69) is 0 Å². The van der Waals surface area contributed by atoms with Gasteiger partial charge in [0, 0.05) is 16.6 Å². The molecular weight excluding hydrogens is 447 g/mol. The summed E-state index contributed by atoms with van der Waals surface area (Å²) in [6, 6.07) is 11.3. The predicted octanol–water partition coefficient (Wildman–Crippen LogP) is 5.12. The van der Waals surface area contributed by atoms with Crippen LogP contribution in [0, 0.1) is 17.3 Å². The van der Waals surface area contributed by atoms with Gasteiger partial charge in [-0.25, -0.2) is 4.90 Å². The second kappa shape index (κ2) is 7.19. The van der Waals surface area contributed by atoms with Crippen molar-refractivity contribution in [3.05, 3.63) is 69.8 Å². The van der Waals surface area contributed by atoms with Gasteiger partial charge >= 0.3 is 0 Å². The van der Waals surface area contributed by atoms with Crippen molar-refractivity contribution in [1.29, 1.82) is 0 Å². The smallest absolute Gasteiger partial charge is 0.240 e. The van der Waals surface area contributed by atoms with E-state index in [-0.39, 0.29) is 22.4 Å². The number of anilines is 1. The Labute approximate surface area is 196 Å². The molecule has 3 aliphatic rings. The van der Waals surface area contributed by atoms with Crippen LogP contribution in [0.4, 0.5) is 5.69 Å². The van der Waals surface area contributed by atoms with E-state index in [1.807, 2.05) is 62.2 Å². The van der Waals surface area contributed by atoms with Crippen molar-refractivity contribution < 1.29 is 14.4 Å². The fraction of sp³-hybridized carbons (Fsp3) is 0.320. The molecule has 0 N–H and O–H groups in total. The molecule has 5 nitrogen and oxygen atoms in total. The molecule has 0 bridgehead atoms. The van der Waals surface area contributed by atoms with E-state index in [0.29, 0.717) is 5.02 Å². The highest BCUT2D eigenvalue weighted by Gasteiger charge is 2.65. The first-order valence-electron chi connectivity index (χ1n) is 10.5. The van der Waals surface area contributed by atoms with E-state index < -0.39 is 35.2 Å². The topological polar surface area (TPSA) is 57.7 Å². The number of imide groups is 1. The lowest BCUT2D eigenvalue weighted by Crippen LogP contribution is -2.47. The van der Waals surface area contributed by atoms with Gasteiger partial charge < -0.3 is 4.90 Å². The van der Waals surface area contributed by atoms with Gasteiger partial charge in [-0.05, 0) is 35.4 Å². The summed E-state index contributed by atoms with van der Waals surface area (Å²) in [6.07, 6.45) is 3.80. The van der Waals surface area contributed by atoms with Gasteiger partial charge in [0.2, 0.25) is 11.8 Å². The van der Waals surface area contributed by atoms with Crippen molar-refractivity contribution in [2.24, 2.45) is 17.3 Å². The number of Topliss-reactive ketones (excluding diaryl/α,β-unsaturated/α-hetero) is 1. The molecule has 7 heteroatoms. The number of rotatable bonds is 2. The number of halogens is 2. The number of ketones is 1. The Morgan fingerprint density at radius 2 is 1.66 bits per heavy atom. The van der Waals surface area contributed by atoms with Crippen LogP contribution < -0.4 is 4.90 Å². The normalized spacial score (nSPS) is 26.3. The third kappa shape index (κ3) is 2.95. The number of benzene rings is 2. The standard InChI is InChI=1S/C25H22Cl2N2O3/c1-25(2,3)22(30)21-19-18(20-15-7-5-4-6-13(15)10-11-28(20)21)23(31)29(24(19)32)17-12-14(26)8-9-16(17)27/h4-12,18-21H,1-3H3/t18-,19-,20-,21+/m1/s1. The highest BCUT2D eigenvalue weighted by Crippen LogP contribution is 2.54. The van der Waals surface area contributed by atoms with Crippen molar-refractivity contribution in [1.82, 2.24) is 4.90 Å². The van der Waals surface area contributed by atoms with Gasteiger partial charge in [0.1, 0.15) is 6.04 Å². The van der Waals surface area contributed by atoms with Crippen LogP contribution in [0.5, 0.6) is 0 Å². The Bertz CT molecular complexity index is 1200. The van der Waals surface area contributed by atoms with Gasteiger partial charge in [-0.3, -0.25) is 14.4 Å². The molecule has 5 rings (SSSR count). The highest BCUT2D eigenvalue weighted by atomic mass is 35.5. The van der Waals surface area contributed by atoms with Crippen LogP contribution in [0.2, 0.25) is 10.0 Å². The zero-order chi connectivity index (χ0) is 22.9. The van der Waals surface area contributed by atoms with Crippen molar-refractivity contribution in [2.75, 3.05) is 4.90 Å². The SMILES string of the molecule is CC(C)(C)C(=O)[C@@H]1[C@@H]2C(=O)N(c3cc(Cl)ccc3Cl)C(=O)[C@H]2[C@H]2c3ccccc3C=CN12. The summed E-state index contributed by atoms with van der Waals surface area (Å²) < 4.78 is 0. The number of carbonyl (C=O) groups excluding carboxylic acids is 3. The number of carbonyl (C=O) groups is 3. The molecule has 3 heterocycles. The van der Waals surface area contributed by atoms with Gasteiger partial charge in [0.25, 0.3) is 0 Å². The molecule has 0 unspecified atom stereocenters. The molecule has 0 spiro atoms. The minimum Gasteiger partial charge on any atom is -0.359 e. The monoisotopic (exact) mass is 468 g/mol. The number of nitrogens with zero attached hydrogens (tertiary/aromatic N) is 2. The molecular formula is C25H22Cl2N2O3. The lowest BCUT2D eigenvalue weighted by Gasteiger charge is -2.37. The molecule has 2 aromatic rings. The van der Waals surface area contributed by atoms with Gasteiger partial charge in [-0.1, -0.05) is 68.2 Å². The lowest BCUT2D eigenvalue weighted by molar-refractivity contribution is -0.135. The second-order valence-corrected chi connectivity index (χ2v) is 10.4. The summed E-state index contributed by atoms with van der Waals surface area (Å²) >= 11 is 12.5. The molecule has 3 aliphatic heterocycles. The van der Waals surface area contributed by atoms with Crippen molar-refractivity contribution >= 4 is 52.6 Å². The molecule has 32 heavy (non-hydrogen) atoms. The second-order valence-electron chi connectivity index (χ2n) is 9.55. The Kier molecular flexibility index (Phi) is 4.77. The maximum Gasteiger partial charge on any atom is 0.240 e. The maximum atomic E-state index is 13.8. The Hall–Kier alpha value is -2.63. The lowest BCUT2D eigenvalue weighted by atomic mass is 9.79. The van der Waals surface area contributed by atoms with Crippen LogP contribution in [0.3, 0.4) is 0 Å². The fourth-order valence-corrected chi connectivity index (χ4v) is 5.56. The first-order chi connectivity index (χ1) is 15.1. The highest BCUT2D eigenvalue weighted by molar-refractivity contribution is 6.38. The van der Waals surface area contributed by atoms with Crippen LogP contribution in [0.15, 0.2) is 48.7 Å². The minimum absolute atomic E-state index is 0.0702. The summed E-state index contributed by atoms with van der Waals surface area (Å²) in [4.78, 5) is 44.2. The Morgan fingerprint density at radius 3 is 2.38 bits per heavy atom. The molecule has 0 saturated carbocycles. The average Bonchev–Trinajstić information content (AvgIpc) is 3.21. The van der Waals surface area contributed by atoms with E-state index in [1.54, 1.807) is 12.1 Å². The number of hydrogen-bond donors (Lipinski definition) is 0. The number of hydrogen-bond acceptors (Lipinski definition) is 4. The molecule has 2 aromatic carbocycles. The molecule has 4 atom stereocenters. The maximum absolute atomic E-state index is 13.8. The number of fused-ring (bicyclic) bond motifs is 5. The Morgan fingerprint density at radius 1 is 0.969 bits per heavy atom. The summed E-state index contributed by atoms with van der Waals surface area (Å²) in [5.74, 6) is -2.33. The zero-order valence-corrected chi connectivity index (χ0v) is 19.4. The first kappa shape index (κ1) is 21.2. The average molecular weight is 469 g/mol. The fourth-order valence-electron chi connectivity index (χ4n) is 5.20. The van der Waals surface area contributed by atoms with Crippen LogP contribution in [0.25, 0.3) is 6.08 Å². The molecule has 0 radical (unpaired) electrons. The molecule has 0 aromatic heterocycles. The van der Waals surface area contributed by atoms with E-state index in [9.17, 15) is 14.4 Å². The van der Waals surface area contributed by atoms with Crippen LogP contribution in [-0.2, 0) is 14.4 Å². The molecule has 2 amide bonds. The van der Waals surface area contributed by atoms with Gasteiger partial charge in [0.15, 0.2) is 5.78 Å². The van der Waals surface area contributed by atoms with Gasteiger partial charge in [-0.2, -0.15) is 0 Å². The summed E-state index contributed by atoms with van der Waals surface area (Å²) in [5.41, 5.74) is 1.50. The van der Waals surface area contributed by atoms with Gasteiger partial charge in [-0.15, -0.1) is 0 Å². The largest absolute Gasteiger partial charge is 0.359 e. The first-order valence-corrected chi connectivity index (χ1v) is 11.3. The summed E-state index contributed by atoms with van der Waals surface area (Å²) in [7, 11) is 0.